The number of ether oxygens (including phenoxy) is 2. The maximum absolute atomic E-state index is 11.3. The van der Waals surface area contributed by atoms with Crippen LogP contribution in [-0.2, 0) is 9.53 Å². The van der Waals surface area contributed by atoms with Crippen molar-refractivity contribution in [2.45, 2.75) is 6.92 Å². The summed E-state index contributed by atoms with van der Waals surface area (Å²) in [6.07, 6.45) is 3.39. The Kier molecular flexibility index (Phi) is 5.36. The summed E-state index contributed by atoms with van der Waals surface area (Å²) in [5.41, 5.74) is 1.26. The van der Waals surface area contributed by atoms with Gasteiger partial charge in [-0.2, -0.15) is 0 Å². The number of fused-ring (bicyclic) bond motifs is 1. The molecular weight excluding hydrogens is 402 g/mol. The maximum atomic E-state index is 11.3. The zero-order valence-electron chi connectivity index (χ0n) is 11.5. The lowest BCUT2D eigenvalue weighted by molar-refractivity contribution is -0.136. The number of aromatic nitrogens is 1. The van der Waals surface area contributed by atoms with Gasteiger partial charge in [-0.3, -0.25) is 4.98 Å². The first-order valence-electron chi connectivity index (χ1n) is 6.15. The van der Waals surface area contributed by atoms with Crippen molar-refractivity contribution in [2.24, 2.45) is 0 Å². The van der Waals surface area contributed by atoms with Gasteiger partial charge < -0.3 is 9.47 Å². The number of pyridine rings is 1. The van der Waals surface area contributed by atoms with E-state index in [2.05, 4.69) is 41.6 Å². The summed E-state index contributed by atoms with van der Waals surface area (Å²) in [6, 6.07) is 5.74. The summed E-state index contributed by atoms with van der Waals surface area (Å²) in [4.78, 5) is 15.7. The van der Waals surface area contributed by atoms with Crippen molar-refractivity contribution < 1.29 is 14.3 Å². The Hall–Kier alpha value is -1.40. The van der Waals surface area contributed by atoms with Crippen LogP contribution in [0.1, 0.15) is 6.92 Å². The summed E-state index contributed by atoms with van der Waals surface area (Å²) in [7, 11) is 1.35. The molecule has 0 aliphatic carbocycles. The number of methoxy groups -OCH3 is 1. The quantitative estimate of drug-likeness (QED) is 0.554. The second kappa shape index (κ2) is 7.04. The normalized spacial score (nSPS) is 11.5. The molecule has 1 heterocycles. The molecule has 0 spiro atoms. The summed E-state index contributed by atoms with van der Waals surface area (Å²) >= 11 is 6.97. The first-order chi connectivity index (χ1) is 10.0. The predicted molar refractivity (Wildman–Crippen MR) is 88.4 cm³/mol. The molecule has 0 amide bonds. The number of hydrogen-bond acceptors (Lipinski definition) is 4. The molecule has 1 aromatic carbocycles. The monoisotopic (exact) mass is 413 g/mol. The van der Waals surface area contributed by atoms with Gasteiger partial charge in [-0.1, -0.05) is 22.0 Å². The molecule has 2 rings (SSSR count). The predicted octanol–water partition coefficient (Wildman–Crippen LogP) is 4.26. The van der Waals surface area contributed by atoms with E-state index in [0.29, 0.717) is 11.3 Å². The van der Waals surface area contributed by atoms with E-state index in [1.165, 1.54) is 7.11 Å². The lowest BCUT2D eigenvalue weighted by Gasteiger charge is -2.11. The minimum atomic E-state index is -0.364. The number of esters is 1. The molecule has 0 aliphatic heterocycles. The molecule has 0 atom stereocenters. The number of carbonyl (C=O) groups excluding carboxylic acids is 1. The number of rotatable bonds is 4. The van der Waals surface area contributed by atoms with Gasteiger partial charge in [0.2, 0.25) is 0 Å². The van der Waals surface area contributed by atoms with Crippen molar-refractivity contribution in [3.8, 4) is 5.75 Å². The van der Waals surface area contributed by atoms with Crippen molar-refractivity contribution in [1.82, 2.24) is 4.98 Å². The third-order valence-electron chi connectivity index (χ3n) is 2.88. The standard InChI is InChI=1S/C15H13Br2NO3/c1-9(15(19)20-2)5-7-21-14-12(17)8-11(16)10-4-3-6-18-13(10)14/h3-6,8H,7H2,1-2H3. The average Bonchev–Trinajstić information content (AvgIpc) is 2.49. The van der Waals surface area contributed by atoms with Gasteiger partial charge in [-0.25, -0.2) is 4.79 Å². The summed E-state index contributed by atoms with van der Waals surface area (Å²) in [6.45, 7) is 1.94. The number of nitrogens with zero attached hydrogens (tertiary/aromatic N) is 1. The Morgan fingerprint density at radius 3 is 2.86 bits per heavy atom. The lowest BCUT2D eigenvalue weighted by Crippen LogP contribution is -2.04. The van der Waals surface area contributed by atoms with E-state index >= 15 is 0 Å². The summed E-state index contributed by atoms with van der Waals surface area (Å²) in [5, 5.41) is 0.962. The van der Waals surface area contributed by atoms with Gasteiger partial charge in [0.1, 0.15) is 12.1 Å². The van der Waals surface area contributed by atoms with Gasteiger partial charge in [0.05, 0.1) is 11.6 Å². The maximum Gasteiger partial charge on any atom is 0.333 e. The van der Waals surface area contributed by atoms with Crippen LogP contribution in [0.4, 0.5) is 0 Å². The van der Waals surface area contributed by atoms with Crippen molar-refractivity contribution in [2.75, 3.05) is 13.7 Å². The third-order valence-corrected chi connectivity index (χ3v) is 4.12. The Balaban J connectivity index is 2.29. The van der Waals surface area contributed by atoms with Crippen LogP contribution in [0.2, 0.25) is 0 Å². The molecule has 0 unspecified atom stereocenters. The number of benzene rings is 1. The van der Waals surface area contributed by atoms with Gasteiger partial charge in [0, 0.05) is 21.6 Å². The highest BCUT2D eigenvalue weighted by Crippen LogP contribution is 2.37. The lowest BCUT2D eigenvalue weighted by atomic mass is 10.2. The molecule has 0 radical (unpaired) electrons. The second-order valence-electron chi connectivity index (χ2n) is 4.26. The second-order valence-corrected chi connectivity index (χ2v) is 5.97. The molecule has 1 aromatic heterocycles. The topological polar surface area (TPSA) is 48.4 Å². The molecule has 0 aliphatic rings. The molecule has 0 bridgehead atoms. The van der Waals surface area contributed by atoms with Crippen molar-refractivity contribution in [3.63, 3.8) is 0 Å². The molecule has 4 nitrogen and oxygen atoms in total. The number of hydrogen-bond donors (Lipinski definition) is 0. The van der Waals surface area contributed by atoms with Crippen LogP contribution in [0, 0.1) is 0 Å². The van der Waals surface area contributed by atoms with Crippen molar-refractivity contribution in [3.05, 3.63) is 45.0 Å². The Morgan fingerprint density at radius 2 is 2.14 bits per heavy atom. The average molecular weight is 415 g/mol. The minimum Gasteiger partial charge on any atom is -0.486 e. The van der Waals surface area contributed by atoms with E-state index < -0.39 is 0 Å². The molecule has 2 aromatic rings. The van der Waals surface area contributed by atoms with Gasteiger partial charge in [-0.15, -0.1) is 0 Å². The highest BCUT2D eigenvalue weighted by atomic mass is 79.9. The highest BCUT2D eigenvalue weighted by molar-refractivity contribution is 9.11. The van der Waals surface area contributed by atoms with Crippen LogP contribution in [0.15, 0.2) is 45.0 Å². The Labute approximate surface area is 139 Å². The van der Waals surface area contributed by atoms with Gasteiger partial charge in [0.15, 0.2) is 5.75 Å². The number of halogens is 2. The van der Waals surface area contributed by atoms with E-state index in [1.54, 1.807) is 19.2 Å². The largest absolute Gasteiger partial charge is 0.486 e. The fourth-order valence-electron chi connectivity index (χ4n) is 1.78. The van der Waals surface area contributed by atoms with Crippen LogP contribution in [0.3, 0.4) is 0 Å². The zero-order valence-corrected chi connectivity index (χ0v) is 14.7. The highest BCUT2D eigenvalue weighted by Gasteiger charge is 2.11. The van der Waals surface area contributed by atoms with E-state index in [-0.39, 0.29) is 12.6 Å². The SMILES string of the molecule is COC(=O)C(C)=CCOc1c(Br)cc(Br)c2cccnc12. The zero-order chi connectivity index (χ0) is 15.4. The summed E-state index contributed by atoms with van der Waals surface area (Å²) < 4.78 is 12.1. The Bertz CT molecular complexity index is 713. The minimum absolute atomic E-state index is 0.257. The number of carbonyl (C=O) groups is 1. The molecular formula is C15H13Br2NO3. The third kappa shape index (κ3) is 3.63. The molecule has 110 valence electrons. The smallest absolute Gasteiger partial charge is 0.333 e. The van der Waals surface area contributed by atoms with E-state index in [0.717, 1.165) is 19.8 Å². The molecule has 21 heavy (non-hydrogen) atoms. The fourth-order valence-corrected chi connectivity index (χ4v) is 3.17. The van der Waals surface area contributed by atoms with Crippen molar-refractivity contribution >= 4 is 48.7 Å². The van der Waals surface area contributed by atoms with Crippen LogP contribution in [0.25, 0.3) is 10.9 Å². The van der Waals surface area contributed by atoms with Gasteiger partial charge in [-0.05, 0) is 41.1 Å². The van der Waals surface area contributed by atoms with Gasteiger partial charge >= 0.3 is 5.97 Å². The van der Waals surface area contributed by atoms with Gasteiger partial charge in [0.25, 0.3) is 0 Å². The van der Waals surface area contributed by atoms with Crippen LogP contribution >= 0.6 is 31.9 Å². The first kappa shape index (κ1) is 16.0. The Morgan fingerprint density at radius 1 is 1.38 bits per heavy atom. The summed E-state index contributed by atoms with van der Waals surface area (Å²) in [5.74, 6) is 0.277. The van der Waals surface area contributed by atoms with E-state index in [4.69, 9.17) is 4.74 Å². The molecule has 0 fully saturated rings. The first-order valence-corrected chi connectivity index (χ1v) is 7.73. The molecule has 0 N–H and O–H groups in total. The van der Waals surface area contributed by atoms with E-state index in [9.17, 15) is 4.79 Å². The van der Waals surface area contributed by atoms with Crippen molar-refractivity contribution in [1.29, 1.82) is 0 Å². The fraction of sp³-hybridized carbons (Fsp3) is 0.200. The van der Waals surface area contributed by atoms with E-state index in [1.807, 2.05) is 18.2 Å². The van der Waals surface area contributed by atoms with Crippen LogP contribution in [-0.4, -0.2) is 24.7 Å². The van der Waals surface area contributed by atoms with Crippen LogP contribution < -0.4 is 4.74 Å². The molecule has 0 saturated heterocycles. The molecule has 6 heteroatoms. The van der Waals surface area contributed by atoms with Crippen LogP contribution in [0.5, 0.6) is 5.75 Å². The molecule has 0 saturated carbocycles.